The monoisotopic (exact) mass is 424 g/mol. The van der Waals surface area contributed by atoms with Crippen molar-refractivity contribution in [1.82, 2.24) is 10.3 Å². The Kier molecular flexibility index (Phi) is 9.56. The minimum absolute atomic E-state index is 0.0569. The van der Waals surface area contributed by atoms with Crippen molar-refractivity contribution in [2.24, 2.45) is 17.8 Å². The number of aliphatic hydroxyl groups is 1. The minimum Gasteiger partial charge on any atom is -0.461 e. The molecule has 1 amide bonds. The summed E-state index contributed by atoms with van der Waals surface area (Å²) in [4.78, 5) is 28.9. The molecule has 1 aromatic heterocycles. The Hall–Kier alpha value is -1.47. The highest BCUT2D eigenvalue weighted by Gasteiger charge is 2.31. The van der Waals surface area contributed by atoms with Crippen LogP contribution in [0.25, 0.3) is 0 Å². The Morgan fingerprint density at radius 1 is 1.28 bits per heavy atom. The van der Waals surface area contributed by atoms with Crippen LogP contribution in [-0.4, -0.2) is 34.6 Å². The summed E-state index contributed by atoms with van der Waals surface area (Å²) in [5, 5.41) is 16.2. The van der Waals surface area contributed by atoms with Crippen molar-refractivity contribution < 1.29 is 19.4 Å². The van der Waals surface area contributed by atoms with Crippen LogP contribution in [0.5, 0.6) is 0 Å². The van der Waals surface area contributed by atoms with E-state index >= 15 is 0 Å². The molecule has 0 bridgehead atoms. The van der Waals surface area contributed by atoms with Crippen LogP contribution in [0.4, 0.5) is 0 Å². The van der Waals surface area contributed by atoms with Crippen LogP contribution in [0.3, 0.4) is 0 Å². The Labute approximate surface area is 178 Å². The highest BCUT2D eigenvalue weighted by atomic mass is 32.1. The van der Waals surface area contributed by atoms with E-state index < -0.39 is 12.1 Å². The first-order chi connectivity index (χ1) is 13.9. The number of carbonyl (C=O) groups is 2. The minimum atomic E-state index is -0.811. The maximum Gasteiger partial charge on any atom is 0.357 e. The number of hydrogen-bond acceptors (Lipinski definition) is 6. The first kappa shape index (κ1) is 23.8. The van der Waals surface area contributed by atoms with E-state index in [9.17, 15) is 14.7 Å². The molecule has 1 saturated carbocycles. The van der Waals surface area contributed by atoms with Crippen molar-refractivity contribution in [2.45, 2.75) is 84.8 Å². The molecule has 1 fully saturated rings. The summed E-state index contributed by atoms with van der Waals surface area (Å²) >= 11 is 1.26. The second-order valence-electron chi connectivity index (χ2n) is 8.23. The van der Waals surface area contributed by atoms with E-state index in [1.54, 1.807) is 12.3 Å². The molecule has 2 rings (SSSR count). The van der Waals surface area contributed by atoms with Crippen LogP contribution < -0.4 is 5.32 Å². The van der Waals surface area contributed by atoms with Gasteiger partial charge in [0.05, 0.1) is 6.61 Å². The van der Waals surface area contributed by atoms with E-state index in [1.807, 2.05) is 6.92 Å². The van der Waals surface area contributed by atoms with Crippen molar-refractivity contribution in [3.63, 3.8) is 0 Å². The van der Waals surface area contributed by atoms with Crippen molar-refractivity contribution in [1.29, 1.82) is 0 Å². The zero-order valence-corrected chi connectivity index (χ0v) is 19.0. The average molecular weight is 425 g/mol. The Morgan fingerprint density at radius 3 is 2.59 bits per heavy atom. The molecule has 0 spiro atoms. The van der Waals surface area contributed by atoms with Gasteiger partial charge in [-0.1, -0.05) is 46.5 Å². The van der Waals surface area contributed by atoms with Crippen LogP contribution in [0, 0.1) is 17.8 Å². The number of nitrogens with zero attached hydrogens (tertiary/aromatic N) is 1. The summed E-state index contributed by atoms with van der Waals surface area (Å²) in [5.41, 5.74) is 0.231. The number of aromatic nitrogens is 1. The van der Waals surface area contributed by atoms with Gasteiger partial charge in [-0.2, -0.15) is 0 Å². The lowest BCUT2D eigenvalue weighted by atomic mass is 9.81. The molecule has 0 unspecified atom stereocenters. The number of thiazole rings is 1. The van der Waals surface area contributed by atoms with E-state index in [-0.39, 0.29) is 23.6 Å². The first-order valence-electron chi connectivity index (χ1n) is 11.0. The quantitative estimate of drug-likeness (QED) is 0.540. The highest BCUT2D eigenvalue weighted by molar-refractivity contribution is 7.09. The molecule has 1 aliphatic rings. The lowest BCUT2D eigenvalue weighted by Crippen LogP contribution is -2.45. The molecule has 6 nitrogen and oxygen atoms in total. The molecule has 0 radical (unpaired) electrons. The zero-order chi connectivity index (χ0) is 21.4. The van der Waals surface area contributed by atoms with Gasteiger partial charge in [-0.3, -0.25) is 4.79 Å². The molecule has 0 aromatic carbocycles. The number of ether oxygens (including phenoxy) is 1. The number of carbonyl (C=O) groups excluding carboxylic acids is 2. The smallest absolute Gasteiger partial charge is 0.357 e. The van der Waals surface area contributed by atoms with E-state index in [0.717, 1.165) is 32.1 Å². The fourth-order valence-electron chi connectivity index (χ4n) is 3.91. The maximum atomic E-state index is 12.8. The summed E-state index contributed by atoms with van der Waals surface area (Å²) in [6.45, 7) is 8.21. The summed E-state index contributed by atoms with van der Waals surface area (Å²) in [6, 6.07) is -0.0840. The second kappa shape index (κ2) is 11.6. The molecule has 0 aliphatic heterocycles. The van der Waals surface area contributed by atoms with Crippen molar-refractivity contribution >= 4 is 23.2 Å². The van der Waals surface area contributed by atoms with Crippen LogP contribution in [0.2, 0.25) is 0 Å². The van der Waals surface area contributed by atoms with Gasteiger partial charge in [0.2, 0.25) is 5.91 Å². The summed E-state index contributed by atoms with van der Waals surface area (Å²) in [7, 11) is 0. The molecule has 7 heteroatoms. The van der Waals surface area contributed by atoms with E-state index in [2.05, 4.69) is 24.1 Å². The fraction of sp³-hybridized carbons (Fsp3) is 0.773. The van der Waals surface area contributed by atoms with Gasteiger partial charge in [0.15, 0.2) is 5.69 Å². The van der Waals surface area contributed by atoms with E-state index in [4.69, 9.17) is 4.74 Å². The molecule has 2 N–H and O–H groups in total. The Balaban J connectivity index is 2.08. The molecule has 1 aliphatic carbocycles. The van der Waals surface area contributed by atoms with E-state index in [0.29, 0.717) is 29.9 Å². The second-order valence-corrected chi connectivity index (χ2v) is 9.12. The summed E-state index contributed by atoms with van der Waals surface area (Å²) in [5.74, 6) is 0.225. The number of esters is 1. The molecular weight excluding hydrogens is 388 g/mol. The predicted molar refractivity (Wildman–Crippen MR) is 115 cm³/mol. The molecule has 0 saturated heterocycles. The normalized spacial score (nSPS) is 19.2. The fourth-order valence-corrected chi connectivity index (χ4v) is 4.70. The molecule has 1 aromatic rings. The van der Waals surface area contributed by atoms with Crippen molar-refractivity contribution in [3.8, 4) is 0 Å². The SMILES string of the molecule is CCOC(=O)c1csc([C@H](O)C[C@@H](NC(=O)[C@@H](C)[C@H](C)CC)C2CCCCC2)n1. The molecule has 1 heterocycles. The highest BCUT2D eigenvalue weighted by Crippen LogP contribution is 2.32. The van der Waals surface area contributed by atoms with Crippen LogP contribution in [0.1, 0.15) is 94.2 Å². The molecule has 164 valence electrons. The zero-order valence-electron chi connectivity index (χ0n) is 18.1. The van der Waals surface area contributed by atoms with Crippen LogP contribution >= 0.6 is 11.3 Å². The van der Waals surface area contributed by atoms with E-state index in [1.165, 1.54) is 17.8 Å². The number of amides is 1. The van der Waals surface area contributed by atoms with Crippen LogP contribution in [0.15, 0.2) is 5.38 Å². The predicted octanol–water partition coefficient (Wildman–Crippen LogP) is 4.49. The first-order valence-corrected chi connectivity index (χ1v) is 11.9. The average Bonchev–Trinajstić information content (AvgIpc) is 3.23. The summed E-state index contributed by atoms with van der Waals surface area (Å²) in [6.07, 6.45) is 6.27. The lowest BCUT2D eigenvalue weighted by molar-refractivity contribution is -0.127. The molecule has 29 heavy (non-hydrogen) atoms. The van der Waals surface area contributed by atoms with Crippen LogP contribution in [-0.2, 0) is 9.53 Å². The number of rotatable bonds is 10. The van der Waals surface area contributed by atoms with Gasteiger partial charge in [0, 0.05) is 23.8 Å². The standard InChI is InChI=1S/C22H36N2O4S/c1-5-14(3)15(4)20(26)23-17(16-10-8-7-9-11-16)12-19(25)21-24-18(13-29-21)22(27)28-6-2/h13-17,19,25H,5-12H2,1-4H3,(H,23,26)/t14-,15+,17-,19-/m1/s1. The van der Waals surface area contributed by atoms with Gasteiger partial charge in [0.25, 0.3) is 0 Å². The third-order valence-corrected chi connectivity index (χ3v) is 7.17. The van der Waals surface area contributed by atoms with Gasteiger partial charge in [0.1, 0.15) is 11.1 Å². The van der Waals surface area contributed by atoms with Gasteiger partial charge >= 0.3 is 5.97 Å². The Morgan fingerprint density at radius 2 is 1.97 bits per heavy atom. The molecule has 4 atom stereocenters. The number of hydrogen-bond donors (Lipinski definition) is 2. The lowest BCUT2D eigenvalue weighted by Gasteiger charge is -2.33. The number of aliphatic hydroxyl groups excluding tert-OH is 1. The Bertz CT molecular complexity index is 657. The third-order valence-electron chi connectivity index (χ3n) is 6.23. The van der Waals surface area contributed by atoms with Crippen molar-refractivity contribution in [3.05, 3.63) is 16.1 Å². The van der Waals surface area contributed by atoms with Gasteiger partial charge < -0.3 is 15.2 Å². The van der Waals surface area contributed by atoms with Gasteiger partial charge in [-0.05, 0) is 31.6 Å². The third kappa shape index (κ3) is 6.78. The topological polar surface area (TPSA) is 88.5 Å². The van der Waals surface area contributed by atoms with Gasteiger partial charge in [-0.15, -0.1) is 11.3 Å². The summed E-state index contributed by atoms with van der Waals surface area (Å²) < 4.78 is 4.98. The maximum absolute atomic E-state index is 12.8. The van der Waals surface area contributed by atoms with Gasteiger partial charge in [-0.25, -0.2) is 9.78 Å². The number of nitrogens with one attached hydrogen (secondary N) is 1. The molecular formula is C22H36N2O4S. The van der Waals surface area contributed by atoms with Crippen molar-refractivity contribution in [2.75, 3.05) is 6.61 Å². The largest absolute Gasteiger partial charge is 0.461 e.